The van der Waals surface area contributed by atoms with Crippen molar-refractivity contribution in [3.63, 3.8) is 0 Å². The van der Waals surface area contributed by atoms with Crippen molar-refractivity contribution in [1.82, 2.24) is 0 Å². The van der Waals surface area contributed by atoms with E-state index in [-0.39, 0.29) is 10.6 Å². The minimum absolute atomic E-state index is 0.215. The van der Waals surface area contributed by atoms with Crippen LogP contribution in [0.5, 0.6) is 5.75 Å². The normalized spacial score (nSPS) is 11.1. The van der Waals surface area contributed by atoms with Gasteiger partial charge in [-0.25, -0.2) is 4.79 Å². The summed E-state index contributed by atoms with van der Waals surface area (Å²) < 4.78 is 17.4. The topological polar surface area (TPSA) is 43.4 Å². The summed E-state index contributed by atoms with van der Waals surface area (Å²) in [5, 5.41) is 0.274. The molecule has 1 unspecified atom stereocenters. The van der Waals surface area contributed by atoms with Crippen molar-refractivity contribution < 1.29 is 14.1 Å². The van der Waals surface area contributed by atoms with Gasteiger partial charge in [0.05, 0.1) is 12.1 Å². The van der Waals surface area contributed by atoms with Crippen LogP contribution in [0, 0.1) is 0 Å². The summed E-state index contributed by atoms with van der Waals surface area (Å²) in [7, 11) is -0.543. The largest absolute Gasteiger partial charge is 0.496 e. The van der Waals surface area contributed by atoms with Gasteiger partial charge in [-0.3, -0.25) is 0 Å². The third kappa shape index (κ3) is 4.16. The van der Waals surface area contributed by atoms with Gasteiger partial charge in [-0.1, -0.05) is 52.6 Å². The predicted octanol–water partition coefficient (Wildman–Crippen LogP) is 4.95. The number of aryl methyl sites for hydroxylation is 1. The molecule has 0 saturated heterocycles. The second-order valence-corrected chi connectivity index (χ2v) is 6.83. The number of hydrogen-bond acceptors (Lipinski definition) is 3. The maximum Gasteiger partial charge on any atom is 0.420 e. The standard InChI is InChI=1S/C17H17ClO3P/c1-21-15-11-5-10-14(18)16(15)17(19)22(20)12-6-9-13-7-3-2-4-8-13/h2-5,7-8,10-11H,6,9,12H2,1H3/q+1. The molecule has 0 fully saturated rings. The molecule has 0 aliphatic carbocycles. The summed E-state index contributed by atoms with van der Waals surface area (Å²) in [6.07, 6.45) is 1.84. The number of rotatable bonds is 7. The third-order valence-corrected chi connectivity index (χ3v) is 5.02. The van der Waals surface area contributed by atoms with Crippen molar-refractivity contribution in [3.05, 3.63) is 64.7 Å². The van der Waals surface area contributed by atoms with E-state index in [0.29, 0.717) is 18.3 Å². The molecule has 0 spiro atoms. The zero-order valence-electron chi connectivity index (χ0n) is 12.3. The van der Waals surface area contributed by atoms with Gasteiger partial charge in [-0.05, 0) is 30.5 Å². The molecule has 2 rings (SSSR count). The Labute approximate surface area is 136 Å². The molecule has 1 atom stereocenters. The van der Waals surface area contributed by atoms with Crippen LogP contribution in [0.1, 0.15) is 22.3 Å². The summed E-state index contributed by atoms with van der Waals surface area (Å²) in [6.45, 7) is 0. The monoisotopic (exact) mass is 335 g/mol. The van der Waals surface area contributed by atoms with Crippen LogP contribution in [0.2, 0.25) is 5.02 Å². The Morgan fingerprint density at radius 1 is 1.14 bits per heavy atom. The number of carbonyl (C=O) groups excluding carboxylic acids is 1. The highest BCUT2D eigenvalue weighted by Gasteiger charge is 2.33. The summed E-state index contributed by atoms with van der Waals surface area (Å²) in [4.78, 5) is 12.3. The van der Waals surface area contributed by atoms with E-state index in [0.717, 1.165) is 6.42 Å². The zero-order chi connectivity index (χ0) is 15.9. The lowest BCUT2D eigenvalue weighted by atomic mass is 10.1. The van der Waals surface area contributed by atoms with E-state index in [1.54, 1.807) is 18.2 Å². The lowest BCUT2D eigenvalue weighted by Gasteiger charge is -2.04. The molecule has 5 heteroatoms. The minimum Gasteiger partial charge on any atom is -0.496 e. The molecular formula is C17H17ClO3P+. The highest BCUT2D eigenvalue weighted by Crippen LogP contribution is 2.36. The summed E-state index contributed by atoms with van der Waals surface area (Å²) in [5.74, 6) is 0.365. The molecule has 2 aromatic carbocycles. The van der Waals surface area contributed by atoms with Crippen LogP contribution in [0.3, 0.4) is 0 Å². The maximum absolute atomic E-state index is 12.3. The Bertz CT molecular complexity index is 671. The quantitative estimate of drug-likeness (QED) is 0.672. The number of hydrogen-bond donors (Lipinski definition) is 0. The Kier molecular flexibility index (Phi) is 6.11. The molecule has 3 nitrogen and oxygen atoms in total. The molecule has 0 aromatic heterocycles. The van der Waals surface area contributed by atoms with E-state index >= 15 is 0 Å². The van der Waals surface area contributed by atoms with Crippen molar-refractivity contribution in [1.29, 1.82) is 0 Å². The van der Waals surface area contributed by atoms with Gasteiger partial charge in [0.1, 0.15) is 11.3 Å². The Morgan fingerprint density at radius 2 is 1.86 bits per heavy atom. The van der Waals surface area contributed by atoms with E-state index in [1.165, 1.54) is 12.7 Å². The zero-order valence-corrected chi connectivity index (χ0v) is 13.9. The highest BCUT2D eigenvalue weighted by molar-refractivity contribution is 7.64. The van der Waals surface area contributed by atoms with Gasteiger partial charge in [0.2, 0.25) is 0 Å². The number of ether oxygens (including phenoxy) is 1. The Morgan fingerprint density at radius 3 is 2.55 bits per heavy atom. The van der Waals surface area contributed by atoms with Crippen molar-refractivity contribution in [2.24, 2.45) is 0 Å². The van der Waals surface area contributed by atoms with E-state index < -0.39 is 13.3 Å². The molecule has 0 radical (unpaired) electrons. The predicted molar refractivity (Wildman–Crippen MR) is 89.6 cm³/mol. The van der Waals surface area contributed by atoms with Gasteiger partial charge in [0.25, 0.3) is 0 Å². The first-order chi connectivity index (χ1) is 10.6. The number of benzene rings is 2. The minimum atomic E-state index is -2.01. The lowest BCUT2D eigenvalue weighted by molar-refractivity contribution is 0.107. The lowest BCUT2D eigenvalue weighted by Crippen LogP contribution is -2.01. The van der Waals surface area contributed by atoms with Gasteiger partial charge in [-0.2, -0.15) is 0 Å². The number of carbonyl (C=O) groups is 1. The van der Waals surface area contributed by atoms with Crippen LogP contribution in [0.4, 0.5) is 0 Å². The molecule has 114 valence electrons. The Balaban J connectivity index is 2.00. The van der Waals surface area contributed by atoms with Gasteiger partial charge in [-0.15, -0.1) is 0 Å². The van der Waals surface area contributed by atoms with E-state index in [2.05, 4.69) is 0 Å². The molecule has 0 N–H and O–H groups in total. The van der Waals surface area contributed by atoms with Crippen molar-refractivity contribution in [2.75, 3.05) is 13.3 Å². The van der Waals surface area contributed by atoms with E-state index in [1.807, 2.05) is 30.3 Å². The molecule has 0 aliphatic heterocycles. The molecule has 0 amide bonds. The van der Waals surface area contributed by atoms with Gasteiger partial charge in [0.15, 0.2) is 6.16 Å². The summed E-state index contributed by atoms with van der Waals surface area (Å²) in [6, 6.07) is 14.9. The fourth-order valence-corrected chi connectivity index (χ4v) is 3.63. The molecule has 0 bridgehead atoms. The number of methoxy groups -OCH3 is 1. The molecule has 0 aliphatic rings. The highest BCUT2D eigenvalue weighted by atomic mass is 35.5. The first-order valence-electron chi connectivity index (χ1n) is 6.99. The SMILES string of the molecule is COc1cccc(Cl)c1C(=O)[P+](=O)CCCc1ccccc1. The first kappa shape index (κ1) is 16.7. The maximum atomic E-state index is 12.3. The molecule has 2 aromatic rings. The van der Waals surface area contributed by atoms with E-state index in [9.17, 15) is 9.36 Å². The van der Waals surface area contributed by atoms with Crippen molar-refractivity contribution >= 4 is 24.9 Å². The van der Waals surface area contributed by atoms with Crippen LogP contribution in [0.15, 0.2) is 48.5 Å². The average Bonchev–Trinajstić information content (AvgIpc) is 2.54. The smallest absolute Gasteiger partial charge is 0.420 e. The fourth-order valence-electron chi connectivity index (χ4n) is 2.18. The first-order valence-corrected chi connectivity index (χ1v) is 8.81. The molecule has 0 heterocycles. The molecule has 22 heavy (non-hydrogen) atoms. The molecule has 0 saturated carbocycles. The van der Waals surface area contributed by atoms with Crippen molar-refractivity contribution in [3.8, 4) is 5.75 Å². The van der Waals surface area contributed by atoms with Crippen LogP contribution < -0.4 is 4.74 Å². The van der Waals surface area contributed by atoms with Crippen LogP contribution in [-0.4, -0.2) is 18.8 Å². The van der Waals surface area contributed by atoms with Gasteiger partial charge >= 0.3 is 13.3 Å². The summed E-state index contributed by atoms with van der Waals surface area (Å²) in [5.41, 5.74) is 0.951. The third-order valence-electron chi connectivity index (χ3n) is 3.31. The van der Waals surface area contributed by atoms with Gasteiger partial charge in [0, 0.05) is 0 Å². The van der Waals surface area contributed by atoms with Crippen molar-refractivity contribution in [2.45, 2.75) is 12.8 Å². The van der Waals surface area contributed by atoms with Gasteiger partial charge < -0.3 is 4.74 Å². The van der Waals surface area contributed by atoms with Crippen LogP contribution in [0.25, 0.3) is 0 Å². The van der Waals surface area contributed by atoms with E-state index in [4.69, 9.17) is 16.3 Å². The summed E-state index contributed by atoms with van der Waals surface area (Å²) >= 11 is 6.05. The second kappa shape index (κ2) is 8.07. The molecular weight excluding hydrogens is 319 g/mol. The second-order valence-electron chi connectivity index (χ2n) is 4.81. The van der Waals surface area contributed by atoms with Crippen LogP contribution in [-0.2, 0) is 11.0 Å². The van der Waals surface area contributed by atoms with Crippen LogP contribution >= 0.6 is 19.4 Å². The average molecular weight is 336 g/mol. The number of halogens is 1. The Hall–Kier alpha value is -1.70. The fraction of sp³-hybridized carbons (Fsp3) is 0.235.